The van der Waals surface area contributed by atoms with Crippen molar-refractivity contribution in [3.63, 3.8) is 0 Å². The first kappa shape index (κ1) is 25.6. The van der Waals surface area contributed by atoms with Crippen LogP contribution in [-0.4, -0.2) is 55.7 Å². The lowest BCUT2D eigenvalue weighted by molar-refractivity contribution is -0.187. The van der Waals surface area contributed by atoms with Gasteiger partial charge in [0, 0.05) is 5.41 Å². The molecule has 9 heteroatoms. The summed E-state index contributed by atoms with van der Waals surface area (Å²) in [5, 5.41) is 0. The van der Waals surface area contributed by atoms with Gasteiger partial charge in [-0.1, -0.05) is 34.6 Å². The Kier molecular flexibility index (Phi) is 11.0. The van der Waals surface area contributed by atoms with Gasteiger partial charge in [0.15, 0.2) is 0 Å². The third-order valence-corrected chi connectivity index (χ3v) is 3.31. The Morgan fingerprint density at radius 1 is 1.12 bits per heavy atom. The summed E-state index contributed by atoms with van der Waals surface area (Å²) >= 11 is 0. The van der Waals surface area contributed by atoms with E-state index in [4.69, 9.17) is 4.55 Å². The van der Waals surface area contributed by atoms with Gasteiger partial charge in [-0.2, -0.15) is 21.6 Å². The Morgan fingerprint density at radius 2 is 1.50 bits per heavy atom. The van der Waals surface area contributed by atoms with Crippen LogP contribution in [0.5, 0.6) is 0 Å². The third-order valence-electron chi connectivity index (χ3n) is 3.31. The molecule has 0 rings (SSSR count). The monoisotopic (exact) mass is 377 g/mol. The molecule has 0 fully saturated rings. The molecule has 146 valence electrons. The molecule has 0 amide bonds. The molecule has 0 saturated heterocycles. The third kappa shape index (κ3) is 13.7. The van der Waals surface area contributed by atoms with E-state index in [1.54, 1.807) is 20.8 Å². The van der Waals surface area contributed by atoms with E-state index < -0.39 is 33.4 Å². The second-order valence-corrected chi connectivity index (χ2v) is 8.08. The van der Waals surface area contributed by atoms with Crippen LogP contribution in [0.1, 0.15) is 47.5 Å². The quantitative estimate of drug-likeness (QED) is 0.688. The van der Waals surface area contributed by atoms with Crippen molar-refractivity contribution in [3.8, 4) is 0 Å². The average Bonchev–Trinajstić information content (AvgIpc) is 2.33. The fraction of sp³-hybridized carbons (Fsp3) is 0.933. The number of hydrogen-bond donors (Lipinski definition) is 1. The van der Waals surface area contributed by atoms with Gasteiger partial charge in [-0.3, -0.25) is 9.35 Å². The SMILES string of the molecule is CCN(CC)CCC[C@H](C(=O)C(C)(C)C)C(F)(F)F.CS(=O)(=O)O. The number of hydrogen-bond acceptors (Lipinski definition) is 4. The summed E-state index contributed by atoms with van der Waals surface area (Å²) in [5.74, 6) is -2.54. The Balaban J connectivity index is 0. The molecule has 0 bridgehead atoms. The second kappa shape index (κ2) is 10.4. The lowest BCUT2D eigenvalue weighted by Gasteiger charge is -2.27. The molecular weight excluding hydrogens is 347 g/mol. The van der Waals surface area contributed by atoms with Gasteiger partial charge in [0.2, 0.25) is 0 Å². The average molecular weight is 377 g/mol. The molecule has 0 radical (unpaired) electrons. The zero-order valence-electron chi connectivity index (χ0n) is 15.3. The van der Waals surface area contributed by atoms with E-state index in [0.29, 0.717) is 19.2 Å². The number of nitrogens with zero attached hydrogens (tertiary/aromatic N) is 1. The van der Waals surface area contributed by atoms with E-state index in [1.807, 2.05) is 13.8 Å². The minimum absolute atomic E-state index is 0.115. The van der Waals surface area contributed by atoms with Crippen molar-refractivity contribution in [3.05, 3.63) is 0 Å². The number of Topliss-reactive ketones (excluding diaryl/α,β-unsaturated/α-hetero) is 1. The first-order valence-electron chi connectivity index (χ1n) is 7.79. The molecule has 0 saturated carbocycles. The summed E-state index contributed by atoms with van der Waals surface area (Å²) < 4.78 is 64.7. The number of alkyl halides is 3. The molecule has 5 nitrogen and oxygen atoms in total. The molecule has 0 heterocycles. The number of carbonyl (C=O) groups excluding carboxylic acids is 1. The molecule has 0 aliphatic carbocycles. The van der Waals surface area contributed by atoms with Crippen LogP contribution in [0.3, 0.4) is 0 Å². The van der Waals surface area contributed by atoms with E-state index >= 15 is 0 Å². The maximum atomic E-state index is 13.0. The predicted molar refractivity (Wildman–Crippen MR) is 88.5 cm³/mol. The van der Waals surface area contributed by atoms with Crippen molar-refractivity contribution in [1.82, 2.24) is 4.90 Å². The van der Waals surface area contributed by atoms with E-state index in [9.17, 15) is 26.4 Å². The van der Waals surface area contributed by atoms with Gasteiger partial charge in [-0.05, 0) is 32.5 Å². The van der Waals surface area contributed by atoms with Crippen LogP contribution in [0, 0.1) is 11.3 Å². The summed E-state index contributed by atoms with van der Waals surface area (Å²) in [6.07, 6.45) is -3.44. The van der Waals surface area contributed by atoms with Crippen molar-refractivity contribution in [1.29, 1.82) is 0 Å². The van der Waals surface area contributed by atoms with Gasteiger partial charge in [0.05, 0.1) is 6.26 Å². The lowest BCUT2D eigenvalue weighted by atomic mass is 9.81. The first-order chi connectivity index (χ1) is 10.5. The molecule has 0 aromatic heterocycles. The number of carbonyl (C=O) groups is 1. The van der Waals surface area contributed by atoms with Crippen molar-refractivity contribution in [2.45, 2.75) is 53.6 Å². The fourth-order valence-corrected chi connectivity index (χ4v) is 2.02. The van der Waals surface area contributed by atoms with E-state index in [-0.39, 0.29) is 6.42 Å². The van der Waals surface area contributed by atoms with Crippen LogP contribution in [0.2, 0.25) is 0 Å². The van der Waals surface area contributed by atoms with Crippen molar-refractivity contribution in [2.75, 3.05) is 25.9 Å². The predicted octanol–water partition coefficient (Wildman–Crippen LogP) is 3.41. The van der Waals surface area contributed by atoms with Gasteiger partial charge in [0.1, 0.15) is 11.7 Å². The van der Waals surface area contributed by atoms with Crippen molar-refractivity contribution < 1.29 is 30.9 Å². The first-order valence-corrected chi connectivity index (χ1v) is 9.64. The summed E-state index contributed by atoms with van der Waals surface area (Å²) in [7, 11) is -3.67. The molecule has 0 aliphatic rings. The van der Waals surface area contributed by atoms with Gasteiger partial charge in [-0.15, -0.1) is 0 Å². The highest BCUT2D eigenvalue weighted by Crippen LogP contribution is 2.35. The molecule has 0 aromatic rings. The van der Waals surface area contributed by atoms with Crippen LogP contribution < -0.4 is 0 Å². The smallest absolute Gasteiger partial charge is 0.304 e. The minimum atomic E-state index is -4.44. The number of rotatable bonds is 7. The molecule has 1 atom stereocenters. The summed E-state index contributed by atoms with van der Waals surface area (Å²) in [6.45, 7) is 10.8. The zero-order valence-corrected chi connectivity index (χ0v) is 16.1. The summed E-state index contributed by atoms with van der Waals surface area (Å²) in [5.41, 5.74) is -0.949. The Bertz CT molecular complexity index is 458. The van der Waals surface area contributed by atoms with Crippen LogP contribution in [0.15, 0.2) is 0 Å². The Morgan fingerprint density at radius 3 is 1.75 bits per heavy atom. The van der Waals surface area contributed by atoms with Crippen molar-refractivity contribution in [2.24, 2.45) is 11.3 Å². The lowest BCUT2D eigenvalue weighted by Crippen LogP contribution is -2.38. The van der Waals surface area contributed by atoms with Gasteiger partial charge < -0.3 is 4.90 Å². The molecule has 0 unspecified atom stereocenters. The van der Waals surface area contributed by atoms with Crippen LogP contribution >= 0.6 is 0 Å². The highest BCUT2D eigenvalue weighted by Gasteiger charge is 2.47. The van der Waals surface area contributed by atoms with E-state index in [0.717, 1.165) is 13.1 Å². The molecule has 1 N–H and O–H groups in total. The Hall–Kier alpha value is -0.670. The number of halogens is 3. The fourth-order valence-electron chi connectivity index (χ4n) is 2.02. The number of ketones is 1. The maximum Gasteiger partial charge on any atom is 0.398 e. The Labute approximate surface area is 143 Å². The highest BCUT2D eigenvalue weighted by molar-refractivity contribution is 7.85. The molecule has 0 spiro atoms. The second-order valence-electron chi connectivity index (χ2n) is 6.61. The zero-order chi connectivity index (χ0) is 19.8. The normalized spacial score (nSPS) is 14.1. The standard InChI is InChI=1S/C14H26F3NO.CH4O3S/c1-6-18(7-2)10-8-9-11(14(15,16)17)12(19)13(3,4)5;1-5(2,3)4/h11H,6-10H2,1-5H3;1H3,(H,2,3,4)/t11-;/m1./s1. The van der Waals surface area contributed by atoms with Crippen LogP contribution in [-0.2, 0) is 14.9 Å². The van der Waals surface area contributed by atoms with E-state index in [2.05, 4.69) is 4.90 Å². The minimum Gasteiger partial charge on any atom is -0.304 e. The molecular formula is C15H30F3NO4S. The van der Waals surface area contributed by atoms with Gasteiger partial charge in [0.25, 0.3) is 10.1 Å². The van der Waals surface area contributed by atoms with Gasteiger partial charge in [-0.25, -0.2) is 0 Å². The van der Waals surface area contributed by atoms with Crippen molar-refractivity contribution >= 4 is 15.9 Å². The largest absolute Gasteiger partial charge is 0.398 e. The summed E-state index contributed by atoms with van der Waals surface area (Å²) in [4.78, 5) is 14.0. The molecule has 0 aliphatic heterocycles. The topological polar surface area (TPSA) is 74.7 Å². The summed E-state index contributed by atoms with van der Waals surface area (Å²) in [6, 6.07) is 0. The van der Waals surface area contributed by atoms with Crippen LogP contribution in [0.4, 0.5) is 13.2 Å². The highest BCUT2D eigenvalue weighted by atomic mass is 32.2. The van der Waals surface area contributed by atoms with E-state index in [1.165, 1.54) is 0 Å². The van der Waals surface area contributed by atoms with Gasteiger partial charge >= 0.3 is 6.18 Å². The molecule has 0 aromatic carbocycles. The maximum absolute atomic E-state index is 13.0. The van der Waals surface area contributed by atoms with Crippen LogP contribution in [0.25, 0.3) is 0 Å². The molecule has 24 heavy (non-hydrogen) atoms.